The normalized spacial score (nSPS) is 11.4. The predicted molar refractivity (Wildman–Crippen MR) is 82.9 cm³/mol. The zero-order valence-electron chi connectivity index (χ0n) is 12.9. The number of aromatic nitrogens is 2. The van der Waals surface area contributed by atoms with E-state index in [0.29, 0.717) is 6.07 Å². The van der Waals surface area contributed by atoms with Gasteiger partial charge in [-0.15, -0.1) is 0 Å². The minimum atomic E-state index is -4.63. The summed E-state index contributed by atoms with van der Waals surface area (Å²) in [6.07, 6.45) is -1.75. The molecular weight excluding hydrogens is 357 g/mol. The number of hydrogen-bond donors (Lipinski definition) is 1. The third-order valence-electron chi connectivity index (χ3n) is 3.45. The number of anilines is 1. The van der Waals surface area contributed by atoms with Crippen LogP contribution in [-0.2, 0) is 6.18 Å². The molecule has 1 heterocycles. The van der Waals surface area contributed by atoms with E-state index in [0.717, 1.165) is 30.3 Å². The number of amides is 1. The van der Waals surface area contributed by atoms with Crippen molar-refractivity contribution in [3.63, 3.8) is 0 Å². The molecule has 9 heteroatoms. The lowest BCUT2D eigenvalue weighted by Gasteiger charge is -2.15. The van der Waals surface area contributed by atoms with Gasteiger partial charge >= 0.3 is 6.18 Å². The molecule has 26 heavy (non-hydrogen) atoms. The second-order valence-corrected chi connectivity index (χ2v) is 5.29. The Morgan fingerprint density at radius 2 is 1.73 bits per heavy atom. The molecule has 2 aromatic carbocycles. The second-order valence-electron chi connectivity index (χ2n) is 5.29. The summed E-state index contributed by atoms with van der Waals surface area (Å²) in [6.45, 7) is 0. The van der Waals surface area contributed by atoms with E-state index in [1.165, 1.54) is 17.1 Å². The summed E-state index contributed by atoms with van der Waals surface area (Å²) in [5.41, 5.74) is -1.41. The molecule has 0 aliphatic carbocycles. The van der Waals surface area contributed by atoms with Gasteiger partial charge in [-0.25, -0.2) is 13.5 Å². The Morgan fingerprint density at radius 1 is 1.04 bits per heavy atom. The number of hydrogen-bond acceptors (Lipinski definition) is 2. The molecular formula is C17H10F5N3O. The predicted octanol–water partition coefficient (Wildman–Crippen LogP) is 4.42. The SMILES string of the molecule is O=C(Nc1cc(C(F)(F)F)ccc1-n1cccn1)c1cc(F)cc(F)c1. The largest absolute Gasteiger partial charge is 0.416 e. The van der Waals surface area contributed by atoms with Gasteiger partial charge in [-0.05, 0) is 36.4 Å². The number of rotatable bonds is 3. The monoisotopic (exact) mass is 367 g/mol. The van der Waals surface area contributed by atoms with Gasteiger partial charge in [0, 0.05) is 24.0 Å². The van der Waals surface area contributed by atoms with Crippen LogP contribution in [0, 0.1) is 11.6 Å². The number of nitrogens with zero attached hydrogens (tertiary/aromatic N) is 2. The zero-order chi connectivity index (χ0) is 18.9. The molecule has 0 saturated heterocycles. The molecule has 1 amide bonds. The topological polar surface area (TPSA) is 46.9 Å². The summed E-state index contributed by atoms with van der Waals surface area (Å²) < 4.78 is 66.7. The third-order valence-corrected chi connectivity index (χ3v) is 3.45. The number of benzene rings is 2. The molecule has 0 fully saturated rings. The lowest BCUT2D eigenvalue weighted by Crippen LogP contribution is -2.16. The van der Waals surface area contributed by atoms with Crippen molar-refractivity contribution in [2.24, 2.45) is 0 Å². The van der Waals surface area contributed by atoms with Gasteiger partial charge in [-0.2, -0.15) is 18.3 Å². The lowest BCUT2D eigenvalue weighted by molar-refractivity contribution is -0.137. The van der Waals surface area contributed by atoms with Crippen molar-refractivity contribution in [1.29, 1.82) is 0 Å². The van der Waals surface area contributed by atoms with Crippen LogP contribution >= 0.6 is 0 Å². The lowest BCUT2D eigenvalue weighted by atomic mass is 10.1. The molecule has 0 aliphatic heterocycles. The summed E-state index contributed by atoms with van der Waals surface area (Å²) in [6, 6.07) is 6.39. The van der Waals surface area contributed by atoms with Crippen molar-refractivity contribution in [2.75, 3.05) is 5.32 Å². The summed E-state index contributed by atoms with van der Waals surface area (Å²) >= 11 is 0. The van der Waals surface area contributed by atoms with Gasteiger partial charge in [0.15, 0.2) is 0 Å². The van der Waals surface area contributed by atoms with Crippen LogP contribution in [0.2, 0.25) is 0 Å². The van der Waals surface area contributed by atoms with Crippen LogP contribution in [0.3, 0.4) is 0 Å². The maximum Gasteiger partial charge on any atom is 0.416 e. The first-order chi connectivity index (χ1) is 12.2. The minimum Gasteiger partial charge on any atom is -0.320 e. The van der Waals surface area contributed by atoms with Gasteiger partial charge in [0.2, 0.25) is 0 Å². The molecule has 3 rings (SSSR count). The minimum absolute atomic E-state index is 0.160. The highest BCUT2D eigenvalue weighted by Gasteiger charge is 2.31. The number of nitrogens with one attached hydrogen (secondary N) is 1. The van der Waals surface area contributed by atoms with Gasteiger partial charge in [0.05, 0.1) is 16.9 Å². The number of halogens is 5. The van der Waals surface area contributed by atoms with Crippen molar-refractivity contribution in [1.82, 2.24) is 9.78 Å². The van der Waals surface area contributed by atoms with Crippen molar-refractivity contribution < 1.29 is 26.7 Å². The molecule has 3 aromatic rings. The van der Waals surface area contributed by atoms with Gasteiger partial charge in [0.25, 0.3) is 5.91 Å². The molecule has 0 radical (unpaired) electrons. The Labute approximate surface area is 143 Å². The molecule has 1 aromatic heterocycles. The number of alkyl halides is 3. The summed E-state index contributed by atoms with van der Waals surface area (Å²) in [5.74, 6) is -2.92. The summed E-state index contributed by atoms with van der Waals surface area (Å²) in [4.78, 5) is 12.2. The van der Waals surface area contributed by atoms with Crippen molar-refractivity contribution in [2.45, 2.75) is 6.18 Å². The zero-order valence-corrected chi connectivity index (χ0v) is 12.9. The third kappa shape index (κ3) is 3.71. The summed E-state index contributed by atoms with van der Waals surface area (Å²) in [7, 11) is 0. The quantitative estimate of drug-likeness (QED) is 0.697. The molecule has 1 N–H and O–H groups in total. The number of carbonyl (C=O) groups is 1. The van der Waals surface area contributed by atoms with Gasteiger partial charge in [0.1, 0.15) is 11.6 Å². The smallest absolute Gasteiger partial charge is 0.320 e. The molecule has 0 aliphatic rings. The maximum atomic E-state index is 13.3. The molecule has 0 bridgehead atoms. The molecule has 0 spiro atoms. The fourth-order valence-corrected chi connectivity index (χ4v) is 2.30. The van der Waals surface area contributed by atoms with E-state index >= 15 is 0 Å². The van der Waals surface area contributed by atoms with Crippen LogP contribution in [0.5, 0.6) is 0 Å². The second kappa shape index (κ2) is 6.58. The molecule has 134 valence electrons. The highest BCUT2D eigenvalue weighted by Crippen LogP contribution is 2.33. The maximum absolute atomic E-state index is 13.3. The van der Waals surface area contributed by atoms with Crippen molar-refractivity contribution in [3.8, 4) is 5.69 Å². The average Bonchev–Trinajstić information content (AvgIpc) is 3.07. The molecule has 0 unspecified atom stereocenters. The van der Waals surface area contributed by atoms with E-state index < -0.39 is 29.3 Å². The first-order valence-electron chi connectivity index (χ1n) is 7.23. The number of carbonyl (C=O) groups excluding carboxylic acids is 1. The van der Waals surface area contributed by atoms with E-state index in [1.54, 1.807) is 6.07 Å². The van der Waals surface area contributed by atoms with Gasteiger partial charge in [-0.3, -0.25) is 4.79 Å². The standard InChI is InChI=1S/C17H10F5N3O/c18-12-6-10(7-13(19)9-12)16(26)24-14-8-11(17(20,21)22)2-3-15(14)25-5-1-4-23-25/h1-9H,(H,24,26). The highest BCUT2D eigenvalue weighted by atomic mass is 19.4. The van der Waals surface area contributed by atoms with E-state index in [-0.39, 0.29) is 16.9 Å². The Bertz CT molecular complexity index is 931. The van der Waals surface area contributed by atoms with Crippen LogP contribution in [0.1, 0.15) is 15.9 Å². The van der Waals surface area contributed by atoms with Crippen molar-refractivity contribution in [3.05, 3.63) is 77.6 Å². The molecule has 4 nitrogen and oxygen atoms in total. The Kier molecular flexibility index (Phi) is 4.45. The van der Waals surface area contributed by atoms with E-state index in [9.17, 15) is 26.7 Å². The first-order valence-corrected chi connectivity index (χ1v) is 7.23. The first kappa shape index (κ1) is 17.6. The van der Waals surface area contributed by atoms with Crippen LogP contribution in [0.4, 0.5) is 27.6 Å². The fraction of sp³-hybridized carbons (Fsp3) is 0.0588. The van der Waals surface area contributed by atoms with Gasteiger partial charge < -0.3 is 5.32 Å². The Morgan fingerprint density at radius 3 is 2.31 bits per heavy atom. The Balaban J connectivity index is 2.02. The van der Waals surface area contributed by atoms with Crippen LogP contribution in [0.25, 0.3) is 5.69 Å². The average molecular weight is 367 g/mol. The highest BCUT2D eigenvalue weighted by molar-refractivity contribution is 6.05. The molecule has 0 saturated carbocycles. The van der Waals surface area contributed by atoms with E-state index in [1.807, 2.05) is 0 Å². The molecule has 0 atom stereocenters. The van der Waals surface area contributed by atoms with Crippen LogP contribution in [-0.4, -0.2) is 15.7 Å². The van der Waals surface area contributed by atoms with E-state index in [4.69, 9.17) is 0 Å². The van der Waals surface area contributed by atoms with E-state index in [2.05, 4.69) is 10.4 Å². The van der Waals surface area contributed by atoms with Crippen molar-refractivity contribution >= 4 is 11.6 Å². The Hall–Kier alpha value is -3.23. The van der Waals surface area contributed by atoms with Gasteiger partial charge in [-0.1, -0.05) is 0 Å². The van der Waals surface area contributed by atoms with Crippen LogP contribution in [0.15, 0.2) is 54.9 Å². The summed E-state index contributed by atoms with van der Waals surface area (Å²) in [5, 5.41) is 6.16. The fourth-order valence-electron chi connectivity index (χ4n) is 2.30. The van der Waals surface area contributed by atoms with Crippen LogP contribution < -0.4 is 5.32 Å².